The molecule has 0 radical (unpaired) electrons. The number of rotatable bonds is 5. The second-order valence-corrected chi connectivity index (χ2v) is 5.88. The van der Waals surface area contributed by atoms with Crippen LogP contribution in [0.25, 0.3) is 5.70 Å². The van der Waals surface area contributed by atoms with Crippen molar-refractivity contribution in [3.63, 3.8) is 0 Å². The maximum atomic E-state index is 12.9. The lowest BCUT2D eigenvalue weighted by molar-refractivity contribution is 0.627. The third kappa shape index (κ3) is 4.76. The van der Waals surface area contributed by atoms with Crippen molar-refractivity contribution in [3.8, 4) is 0 Å². The van der Waals surface area contributed by atoms with Crippen LogP contribution in [0.3, 0.4) is 0 Å². The predicted octanol–water partition coefficient (Wildman–Crippen LogP) is 4.77. The van der Waals surface area contributed by atoms with E-state index in [2.05, 4.69) is 42.8 Å². The van der Waals surface area contributed by atoms with Gasteiger partial charge in [0.05, 0.1) is 5.70 Å². The zero-order valence-corrected chi connectivity index (χ0v) is 12.9. The smallest absolute Gasteiger partial charge is 0.123 e. The zero-order chi connectivity index (χ0) is 15.2. The Kier molecular flexibility index (Phi) is 5.17. The van der Waals surface area contributed by atoms with E-state index in [1.54, 1.807) is 30.4 Å². The molecule has 2 aromatic carbocycles. The lowest BCUT2D eigenvalue weighted by atomic mass is 10.2. The number of aryl methyl sites for hydroxylation is 1. The number of halogens is 1. The Labute approximate surface area is 129 Å². The normalized spacial score (nSPS) is 10.8. The van der Waals surface area contributed by atoms with Gasteiger partial charge in [-0.3, -0.25) is 0 Å². The lowest BCUT2D eigenvalue weighted by Crippen LogP contribution is -2.05. The molecule has 0 heterocycles. The summed E-state index contributed by atoms with van der Waals surface area (Å²) in [5.74, 6) is -0.262. The van der Waals surface area contributed by atoms with Gasteiger partial charge in [-0.25, -0.2) is 9.38 Å². The van der Waals surface area contributed by atoms with Crippen LogP contribution >= 0.6 is 11.9 Å². The third-order valence-corrected chi connectivity index (χ3v) is 3.69. The van der Waals surface area contributed by atoms with Crippen molar-refractivity contribution in [2.75, 3.05) is 7.05 Å². The van der Waals surface area contributed by atoms with Crippen molar-refractivity contribution in [3.05, 3.63) is 72.1 Å². The molecule has 0 aliphatic rings. The molecular weight excluding hydrogens is 283 g/mol. The molecule has 2 aromatic rings. The molecule has 0 N–H and O–H groups in total. The first-order valence-corrected chi connectivity index (χ1v) is 7.28. The second kappa shape index (κ2) is 7.09. The van der Waals surface area contributed by atoms with E-state index in [1.165, 1.54) is 17.7 Å². The van der Waals surface area contributed by atoms with Gasteiger partial charge in [0.2, 0.25) is 0 Å². The Morgan fingerprint density at radius 1 is 1.14 bits per heavy atom. The molecule has 21 heavy (non-hydrogen) atoms. The molecule has 4 heteroatoms. The van der Waals surface area contributed by atoms with Gasteiger partial charge in [-0.1, -0.05) is 24.3 Å². The number of nitrogens with zero attached hydrogens (tertiary/aromatic N) is 2. The van der Waals surface area contributed by atoms with Gasteiger partial charge in [0.15, 0.2) is 0 Å². The Hall–Kier alpha value is -2.07. The molecule has 0 atom stereocenters. The highest BCUT2D eigenvalue weighted by Gasteiger charge is 2.00. The predicted molar refractivity (Wildman–Crippen MR) is 88.7 cm³/mol. The molecule has 0 saturated carbocycles. The molecule has 0 saturated heterocycles. The second-order valence-electron chi connectivity index (χ2n) is 4.65. The first kappa shape index (κ1) is 15.3. The quantitative estimate of drug-likeness (QED) is 0.449. The maximum Gasteiger partial charge on any atom is 0.123 e. The van der Waals surface area contributed by atoms with Gasteiger partial charge >= 0.3 is 0 Å². The van der Waals surface area contributed by atoms with E-state index in [9.17, 15) is 4.39 Å². The molecule has 2 nitrogen and oxygen atoms in total. The van der Waals surface area contributed by atoms with Crippen LogP contribution in [0.4, 0.5) is 4.39 Å². The molecule has 0 spiro atoms. The zero-order valence-electron chi connectivity index (χ0n) is 12.1. The van der Waals surface area contributed by atoms with Gasteiger partial charge in [0, 0.05) is 11.9 Å². The van der Waals surface area contributed by atoms with Gasteiger partial charge in [-0.05, 0) is 60.8 Å². The van der Waals surface area contributed by atoms with Gasteiger partial charge < -0.3 is 4.31 Å². The summed E-state index contributed by atoms with van der Waals surface area (Å²) in [6, 6.07) is 14.4. The highest BCUT2D eigenvalue weighted by molar-refractivity contribution is 7.97. The summed E-state index contributed by atoms with van der Waals surface area (Å²) < 4.78 is 14.8. The minimum absolute atomic E-state index is 0.262. The third-order valence-electron chi connectivity index (χ3n) is 2.82. The Balaban J connectivity index is 1.95. The van der Waals surface area contributed by atoms with Crippen LogP contribution in [0.15, 0.2) is 65.0 Å². The number of hydrogen-bond donors (Lipinski definition) is 0. The number of aliphatic imine (C=N–C) groups is 1. The van der Waals surface area contributed by atoms with Crippen molar-refractivity contribution in [2.45, 2.75) is 11.8 Å². The maximum absolute atomic E-state index is 12.9. The summed E-state index contributed by atoms with van der Waals surface area (Å²) in [6.45, 7) is 5.95. The van der Waals surface area contributed by atoms with Crippen LogP contribution < -0.4 is 0 Å². The molecule has 0 aliphatic carbocycles. The first-order chi connectivity index (χ1) is 10.0. The molecule has 0 bridgehead atoms. The molecule has 0 unspecified atom stereocenters. The van der Waals surface area contributed by atoms with Crippen molar-refractivity contribution in [2.24, 2.45) is 4.99 Å². The monoisotopic (exact) mass is 300 g/mol. The fourth-order valence-electron chi connectivity index (χ4n) is 1.66. The fraction of sp³-hybridized carbons (Fsp3) is 0.118. The van der Waals surface area contributed by atoms with Crippen molar-refractivity contribution in [1.29, 1.82) is 0 Å². The van der Waals surface area contributed by atoms with Crippen LogP contribution in [-0.4, -0.2) is 17.7 Å². The minimum atomic E-state index is -0.262. The highest BCUT2D eigenvalue weighted by atomic mass is 32.2. The summed E-state index contributed by atoms with van der Waals surface area (Å²) in [4.78, 5) is 5.44. The molecule has 0 amide bonds. The summed E-state index contributed by atoms with van der Waals surface area (Å²) in [5, 5.41) is 0. The van der Waals surface area contributed by atoms with Gasteiger partial charge in [-0.15, -0.1) is 0 Å². The average Bonchev–Trinajstić information content (AvgIpc) is 2.48. The van der Waals surface area contributed by atoms with Crippen LogP contribution in [0.2, 0.25) is 0 Å². The average molecular weight is 300 g/mol. The molecule has 2 rings (SSSR count). The molecule has 0 aromatic heterocycles. The summed E-state index contributed by atoms with van der Waals surface area (Å²) >= 11 is 1.57. The Morgan fingerprint density at radius 3 is 2.38 bits per heavy atom. The molecular formula is C17H17FN2S. The van der Waals surface area contributed by atoms with E-state index in [1.807, 2.05) is 11.4 Å². The first-order valence-electron chi connectivity index (χ1n) is 6.51. The topological polar surface area (TPSA) is 15.6 Å². The SMILES string of the molecule is C=C(/N=C\N(C)Sc1ccc(C)cc1)c1ccc(F)cc1. The van der Waals surface area contributed by atoms with Crippen LogP contribution in [-0.2, 0) is 0 Å². The van der Waals surface area contributed by atoms with Crippen molar-refractivity contribution in [1.82, 2.24) is 4.31 Å². The highest BCUT2D eigenvalue weighted by Crippen LogP contribution is 2.21. The van der Waals surface area contributed by atoms with E-state index >= 15 is 0 Å². The van der Waals surface area contributed by atoms with Crippen molar-refractivity contribution >= 4 is 24.0 Å². The van der Waals surface area contributed by atoms with E-state index in [-0.39, 0.29) is 5.82 Å². The van der Waals surface area contributed by atoms with Gasteiger partial charge in [0.1, 0.15) is 12.2 Å². The Morgan fingerprint density at radius 2 is 1.76 bits per heavy atom. The van der Waals surface area contributed by atoms with Crippen molar-refractivity contribution < 1.29 is 4.39 Å². The molecule has 108 valence electrons. The minimum Gasteiger partial charge on any atom is -0.306 e. The number of hydrogen-bond acceptors (Lipinski definition) is 2. The van der Waals surface area contributed by atoms with Crippen LogP contribution in [0, 0.1) is 12.7 Å². The summed E-state index contributed by atoms with van der Waals surface area (Å²) in [7, 11) is 1.92. The van der Waals surface area contributed by atoms with E-state index in [4.69, 9.17) is 0 Å². The fourth-order valence-corrected chi connectivity index (χ4v) is 2.34. The molecule has 0 fully saturated rings. The number of benzene rings is 2. The van der Waals surface area contributed by atoms with Crippen LogP contribution in [0.5, 0.6) is 0 Å². The van der Waals surface area contributed by atoms with Gasteiger partial charge in [-0.2, -0.15) is 0 Å². The summed E-state index contributed by atoms with van der Waals surface area (Å²) in [5.41, 5.74) is 2.65. The standard InChI is InChI=1S/C17H17FN2S/c1-13-4-10-17(11-5-13)21-20(3)12-19-14(2)15-6-8-16(18)9-7-15/h4-12H,2H2,1,3H3/b19-12-. The van der Waals surface area contributed by atoms with E-state index in [0.717, 1.165) is 10.5 Å². The lowest BCUT2D eigenvalue weighted by Gasteiger charge is -2.11. The molecule has 0 aliphatic heterocycles. The van der Waals surface area contributed by atoms with E-state index in [0.29, 0.717) is 5.70 Å². The van der Waals surface area contributed by atoms with E-state index < -0.39 is 0 Å². The Bertz CT molecular complexity index is 633. The van der Waals surface area contributed by atoms with Crippen LogP contribution in [0.1, 0.15) is 11.1 Å². The van der Waals surface area contributed by atoms with Gasteiger partial charge in [0.25, 0.3) is 0 Å². The summed E-state index contributed by atoms with van der Waals surface area (Å²) in [6.07, 6.45) is 1.70. The largest absolute Gasteiger partial charge is 0.306 e.